The number of pyridine rings is 1. The SMILES string of the molecule is c1ccc(-c2ccc(-c3nc(-c4ccccc4)nc(-c4ccc(-c5ccc(-n6c(-c7ccccc7)nc7c8cccnc8c8ccccc8c76)cc5)cc4)n3)cc2)cc1. The summed E-state index contributed by atoms with van der Waals surface area (Å²) >= 11 is 0. The molecule has 11 aromatic rings. The number of rotatable bonds is 7. The number of aromatic nitrogens is 6. The summed E-state index contributed by atoms with van der Waals surface area (Å²) in [5.41, 5.74) is 12.3. The highest BCUT2D eigenvalue weighted by molar-refractivity contribution is 6.23. The van der Waals surface area contributed by atoms with E-state index in [9.17, 15) is 0 Å². The maximum Gasteiger partial charge on any atom is 0.164 e. The van der Waals surface area contributed by atoms with Gasteiger partial charge in [0, 0.05) is 50.3 Å². The predicted molar refractivity (Wildman–Crippen MR) is 240 cm³/mol. The summed E-state index contributed by atoms with van der Waals surface area (Å²) in [5.74, 6) is 2.78. The van der Waals surface area contributed by atoms with Gasteiger partial charge in [-0.15, -0.1) is 0 Å². The van der Waals surface area contributed by atoms with Crippen LogP contribution in [0.2, 0.25) is 0 Å². The molecule has 8 aromatic carbocycles. The van der Waals surface area contributed by atoms with Crippen LogP contribution in [0, 0.1) is 0 Å². The fourth-order valence-electron chi connectivity index (χ4n) is 8.00. The van der Waals surface area contributed by atoms with Gasteiger partial charge in [-0.2, -0.15) is 0 Å². The Kier molecular flexibility index (Phi) is 8.37. The quantitative estimate of drug-likeness (QED) is 0.152. The largest absolute Gasteiger partial charge is 0.292 e. The maximum absolute atomic E-state index is 5.33. The fourth-order valence-corrected chi connectivity index (χ4v) is 8.00. The van der Waals surface area contributed by atoms with Crippen LogP contribution in [0.5, 0.6) is 0 Å². The molecule has 3 aromatic heterocycles. The third-order valence-electron chi connectivity index (χ3n) is 10.9. The van der Waals surface area contributed by atoms with Crippen molar-refractivity contribution in [3.63, 3.8) is 0 Å². The van der Waals surface area contributed by atoms with Crippen LogP contribution in [0.15, 0.2) is 206 Å². The van der Waals surface area contributed by atoms with Gasteiger partial charge in [0.25, 0.3) is 0 Å². The lowest BCUT2D eigenvalue weighted by Crippen LogP contribution is -2.00. The minimum Gasteiger partial charge on any atom is -0.292 e. The summed E-state index contributed by atoms with van der Waals surface area (Å²) < 4.78 is 2.30. The fraction of sp³-hybridized carbons (Fsp3) is 0. The van der Waals surface area contributed by atoms with Crippen molar-refractivity contribution in [2.24, 2.45) is 0 Å². The van der Waals surface area contributed by atoms with Gasteiger partial charge in [0.1, 0.15) is 5.82 Å². The van der Waals surface area contributed by atoms with E-state index in [0.717, 1.165) is 83.2 Å². The van der Waals surface area contributed by atoms with Gasteiger partial charge >= 0.3 is 0 Å². The molecule has 0 radical (unpaired) electrons. The second-order valence-corrected chi connectivity index (χ2v) is 14.5. The first-order valence-electron chi connectivity index (χ1n) is 19.7. The zero-order valence-electron chi connectivity index (χ0n) is 31.8. The van der Waals surface area contributed by atoms with Crippen LogP contribution in [-0.4, -0.2) is 29.5 Å². The second kappa shape index (κ2) is 14.4. The molecule has 276 valence electrons. The standard InChI is InChI=1S/C53H34N6/c1-4-13-35(14-5-1)36-22-26-40(27-23-36)51-56-50(39-15-6-2-7-16-39)57-52(58-51)41-28-24-37(25-29-41)38-30-32-43(33-31-38)59-49-45-20-11-10-19-44(45)47-46(21-12-34-54-47)48(49)55-53(59)42-17-8-3-9-18-42/h1-34H. The van der Waals surface area contributed by atoms with Crippen molar-refractivity contribution in [1.29, 1.82) is 0 Å². The number of hydrogen-bond acceptors (Lipinski definition) is 5. The molecule has 0 aliphatic rings. The van der Waals surface area contributed by atoms with E-state index in [1.807, 2.05) is 54.7 Å². The Morgan fingerprint density at radius 1 is 0.288 bits per heavy atom. The summed E-state index contributed by atoms with van der Waals surface area (Å²) in [6, 6.07) is 69.1. The molecule has 3 heterocycles. The van der Waals surface area contributed by atoms with Gasteiger partial charge in [0.15, 0.2) is 17.5 Å². The molecule has 0 aliphatic carbocycles. The smallest absolute Gasteiger partial charge is 0.164 e. The van der Waals surface area contributed by atoms with E-state index in [4.69, 9.17) is 24.9 Å². The summed E-state index contributed by atoms with van der Waals surface area (Å²) in [6.45, 7) is 0. The summed E-state index contributed by atoms with van der Waals surface area (Å²) in [7, 11) is 0. The lowest BCUT2D eigenvalue weighted by molar-refractivity contribution is 1.07. The Morgan fingerprint density at radius 2 is 0.695 bits per heavy atom. The number of fused-ring (bicyclic) bond motifs is 6. The zero-order valence-corrected chi connectivity index (χ0v) is 31.8. The predicted octanol–water partition coefficient (Wildman–Crippen LogP) is 12.9. The molecule has 0 amide bonds. The van der Waals surface area contributed by atoms with Gasteiger partial charge in [-0.05, 0) is 46.5 Å². The van der Waals surface area contributed by atoms with Gasteiger partial charge in [0.05, 0.1) is 16.6 Å². The van der Waals surface area contributed by atoms with Crippen LogP contribution in [0.25, 0.3) is 106 Å². The van der Waals surface area contributed by atoms with Gasteiger partial charge < -0.3 is 0 Å². The molecule has 0 saturated heterocycles. The van der Waals surface area contributed by atoms with Crippen molar-refractivity contribution in [3.05, 3.63) is 206 Å². The number of benzene rings is 8. The van der Waals surface area contributed by atoms with E-state index in [0.29, 0.717) is 17.5 Å². The third kappa shape index (κ3) is 6.20. The highest BCUT2D eigenvalue weighted by Crippen LogP contribution is 2.39. The molecular weight excluding hydrogens is 721 g/mol. The minimum absolute atomic E-state index is 0.623. The number of imidazole rings is 1. The molecular formula is C53H34N6. The van der Waals surface area contributed by atoms with Crippen molar-refractivity contribution in [1.82, 2.24) is 29.5 Å². The molecule has 0 atom stereocenters. The lowest BCUT2D eigenvalue weighted by atomic mass is 10.0. The first-order valence-corrected chi connectivity index (χ1v) is 19.7. The Balaban J connectivity index is 0.969. The van der Waals surface area contributed by atoms with Crippen molar-refractivity contribution in [3.8, 4) is 73.5 Å². The average molecular weight is 755 g/mol. The van der Waals surface area contributed by atoms with Crippen molar-refractivity contribution in [2.75, 3.05) is 0 Å². The molecule has 6 heteroatoms. The molecule has 0 spiro atoms. The maximum atomic E-state index is 5.33. The second-order valence-electron chi connectivity index (χ2n) is 14.5. The van der Waals surface area contributed by atoms with Crippen LogP contribution in [0.1, 0.15) is 0 Å². The Labute approximate surface area is 340 Å². The first kappa shape index (κ1) is 34.2. The first-order chi connectivity index (χ1) is 29.2. The molecule has 11 rings (SSSR count). The van der Waals surface area contributed by atoms with Crippen LogP contribution in [0.3, 0.4) is 0 Å². The summed E-state index contributed by atoms with van der Waals surface area (Å²) in [4.78, 5) is 25.1. The van der Waals surface area contributed by atoms with E-state index >= 15 is 0 Å². The normalized spacial score (nSPS) is 11.4. The number of nitrogens with zero attached hydrogens (tertiary/aromatic N) is 6. The summed E-state index contributed by atoms with van der Waals surface area (Å²) in [6.07, 6.45) is 1.86. The van der Waals surface area contributed by atoms with E-state index in [-0.39, 0.29) is 0 Å². The van der Waals surface area contributed by atoms with Gasteiger partial charge in [-0.3, -0.25) is 9.55 Å². The molecule has 0 bridgehead atoms. The van der Waals surface area contributed by atoms with Crippen LogP contribution in [0.4, 0.5) is 0 Å². The molecule has 6 nitrogen and oxygen atoms in total. The van der Waals surface area contributed by atoms with Crippen LogP contribution in [-0.2, 0) is 0 Å². The molecule has 59 heavy (non-hydrogen) atoms. The van der Waals surface area contributed by atoms with E-state index in [2.05, 4.69) is 156 Å². The average Bonchev–Trinajstić information content (AvgIpc) is 3.74. The van der Waals surface area contributed by atoms with Crippen LogP contribution < -0.4 is 0 Å². The minimum atomic E-state index is 0.623. The zero-order chi connectivity index (χ0) is 39.1. The Hall–Kier alpha value is -8.09. The van der Waals surface area contributed by atoms with E-state index in [1.54, 1.807) is 0 Å². The highest BCUT2D eigenvalue weighted by Gasteiger charge is 2.21. The van der Waals surface area contributed by atoms with Gasteiger partial charge in [0.2, 0.25) is 0 Å². The van der Waals surface area contributed by atoms with Crippen molar-refractivity contribution >= 4 is 32.7 Å². The molecule has 0 fully saturated rings. The van der Waals surface area contributed by atoms with Crippen molar-refractivity contribution < 1.29 is 0 Å². The van der Waals surface area contributed by atoms with E-state index < -0.39 is 0 Å². The van der Waals surface area contributed by atoms with E-state index in [1.165, 1.54) is 5.56 Å². The van der Waals surface area contributed by atoms with Gasteiger partial charge in [-0.25, -0.2) is 19.9 Å². The molecule has 0 unspecified atom stereocenters. The highest BCUT2D eigenvalue weighted by atomic mass is 15.1. The van der Waals surface area contributed by atoms with Crippen LogP contribution >= 0.6 is 0 Å². The van der Waals surface area contributed by atoms with Crippen molar-refractivity contribution in [2.45, 2.75) is 0 Å². The van der Waals surface area contributed by atoms with Gasteiger partial charge in [-0.1, -0.05) is 176 Å². The molecule has 0 N–H and O–H groups in total. The monoisotopic (exact) mass is 754 g/mol. The summed E-state index contributed by atoms with van der Waals surface area (Å²) in [5, 5.41) is 3.26. The lowest BCUT2D eigenvalue weighted by Gasteiger charge is -2.13. The third-order valence-corrected chi connectivity index (χ3v) is 10.9. The molecule has 0 aliphatic heterocycles. The Bertz CT molecular complexity index is 3270. The topological polar surface area (TPSA) is 69.4 Å². The Morgan fingerprint density at radius 3 is 1.25 bits per heavy atom. The number of hydrogen-bond donors (Lipinski definition) is 0. The molecule has 0 saturated carbocycles.